The molecule has 0 amide bonds. The molecule has 2 aromatic rings. The molecule has 0 atom stereocenters. The molecule has 5 nitrogen and oxygen atoms in total. The Hall–Kier alpha value is -2.56. The topological polar surface area (TPSA) is 53.1 Å². The monoisotopic (exact) mass is 269 g/mol. The number of aromatic nitrogens is 2. The van der Waals surface area contributed by atoms with Crippen LogP contribution in [0.5, 0.6) is 0 Å². The van der Waals surface area contributed by atoms with Crippen LogP contribution in [0.1, 0.15) is 0 Å². The molecule has 5 heteroatoms. The lowest BCUT2D eigenvalue weighted by molar-refractivity contribution is 1.13. The molecule has 0 fully saturated rings. The number of anilines is 4. The Morgan fingerprint density at radius 1 is 1.20 bits per heavy atom. The summed E-state index contributed by atoms with van der Waals surface area (Å²) in [5, 5.41) is 6.31. The summed E-state index contributed by atoms with van der Waals surface area (Å²) in [4.78, 5) is 10.6. The molecular formula is C15H19N5. The van der Waals surface area contributed by atoms with Gasteiger partial charge < -0.3 is 15.5 Å². The first kappa shape index (κ1) is 13.9. The van der Waals surface area contributed by atoms with Crippen LogP contribution in [0.2, 0.25) is 0 Å². The van der Waals surface area contributed by atoms with Gasteiger partial charge in [0, 0.05) is 38.2 Å². The lowest BCUT2D eigenvalue weighted by Gasteiger charge is -2.13. The third kappa shape index (κ3) is 3.71. The number of benzene rings is 1. The van der Waals surface area contributed by atoms with E-state index in [1.54, 1.807) is 12.3 Å². The van der Waals surface area contributed by atoms with E-state index < -0.39 is 0 Å². The maximum Gasteiger partial charge on any atom is 0.229 e. The molecule has 0 aliphatic carbocycles. The molecule has 0 aliphatic heterocycles. The fourth-order valence-electron chi connectivity index (χ4n) is 1.67. The summed E-state index contributed by atoms with van der Waals surface area (Å²) in [6, 6.07) is 9.92. The van der Waals surface area contributed by atoms with E-state index in [-0.39, 0.29) is 0 Å². The highest BCUT2D eigenvalue weighted by Gasteiger charge is 2.00. The van der Waals surface area contributed by atoms with Crippen molar-refractivity contribution >= 4 is 23.1 Å². The van der Waals surface area contributed by atoms with Gasteiger partial charge in [-0.2, -0.15) is 4.98 Å². The van der Waals surface area contributed by atoms with E-state index in [0.717, 1.165) is 17.2 Å². The van der Waals surface area contributed by atoms with E-state index in [9.17, 15) is 0 Å². The molecule has 2 rings (SSSR count). The summed E-state index contributed by atoms with van der Waals surface area (Å²) < 4.78 is 0. The fourth-order valence-corrected chi connectivity index (χ4v) is 1.67. The van der Waals surface area contributed by atoms with Crippen LogP contribution in [-0.2, 0) is 0 Å². The molecule has 1 aromatic heterocycles. The first-order chi connectivity index (χ1) is 9.69. The molecule has 0 spiro atoms. The minimum absolute atomic E-state index is 0.566. The summed E-state index contributed by atoms with van der Waals surface area (Å²) in [5.74, 6) is 1.34. The van der Waals surface area contributed by atoms with E-state index in [1.165, 1.54) is 0 Å². The van der Waals surface area contributed by atoms with Gasteiger partial charge in [-0.3, -0.25) is 0 Å². The van der Waals surface area contributed by atoms with Crippen LogP contribution in [0.25, 0.3) is 0 Å². The van der Waals surface area contributed by atoms with E-state index in [2.05, 4.69) is 32.1 Å². The highest BCUT2D eigenvalue weighted by molar-refractivity contribution is 5.59. The van der Waals surface area contributed by atoms with Crippen LogP contribution in [0, 0.1) is 0 Å². The van der Waals surface area contributed by atoms with E-state index in [1.807, 2.05) is 44.4 Å². The zero-order chi connectivity index (χ0) is 14.4. The third-order valence-electron chi connectivity index (χ3n) is 2.72. The predicted octanol–water partition coefficient (Wildman–Crippen LogP) is 2.88. The van der Waals surface area contributed by atoms with Gasteiger partial charge in [-0.05, 0) is 30.3 Å². The van der Waals surface area contributed by atoms with Gasteiger partial charge in [0.1, 0.15) is 5.82 Å². The van der Waals surface area contributed by atoms with Gasteiger partial charge in [0.05, 0.1) is 0 Å². The number of hydrogen-bond donors (Lipinski definition) is 2. The van der Waals surface area contributed by atoms with Crippen LogP contribution < -0.4 is 15.5 Å². The standard InChI is InChI=1S/C15H19N5/c1-4-10-16-14-9-11-17-15(19-14)18-12-5-7-13(8-6-12)20(2)3/h4-9,11H,1,10H2,2-3H3,(H2,16,17,18,19). The Balaban J connectivity index is 2.07. The van der Waals surface area contributed by atoms with Crippen molar-refractivity contribution in [2.24, 2.45) is 0 Å². The van der Waals surface area contributed by atoms with Gasteiger partial charge in [0.2, 0.25) is 5.95 Å². The molecule has 104 valence electrons. The van der Waals surface area contributed by atoms with Crippen LogP contribution in [-0.4, -0.2) is 30.6 Å². The summed E-state index contributed by atoms with van der Waals surface area (Å²) in [6.07, 6.45) is 3.50. The second kappa shape index (κ2) is 6.56. The van der Waals surface area contributed by atoms with E-state index in [4.69, 9.17) is 0 Å². The average Bonchev–Trinajstić information content (AvgIpc) is 2.46. The minimum Gasteiger partial charge on any atom is -0.378 e. The molecule has 0 saturated carbocycles. The maximum absolute atomic E-state index is 4.37. The number of hydrogen-bond acceptors (Lipinski definition) is 5. The summed E-state index contributed by atoms with van der Waals surface area (Å²) in [6.45, 7) is 4.34. The molecule has 1 heterocycles. The highest BCUT2D eigenvalue weighted by Crippen LogP contribution is 2.18. The lowest BCUT2D eigenvalue weighted by Crippen LogP contribution is -2.08. The zero-order valence-electron chi connectivity index (χ0n) is 11.8. The van der Waals surface area contributed by atoms with Crippen molar-refractivity contribution in [3.63, 3.8) is 0 Å². The largest absolute Gasteiger partial charge is 0.378 e. The second-order valence-electron chi connectivity index (χ2n) is 4.50. The predicted molar refractivity (Wildman–Crippen MR) is 84.8 cm³/mol. The molecule has 0 unspecified atom stereocenters. The average molecular weight is 269 g/mol. The first-order valence-corrected chi connectivity index (χ1v) is 6.41. The first-order valence-electron chi connectivity index (χ1n) is 6.41. The fraction of sp³-hybridized carbons (Fsp3) is 0.200. The molecule has 1 aromatic carbocycles. The van der Waals surface area contributed by atoms with E-state index >= 15 is 0 Å². The summed E-state index contributed by atoms with van der Waals surface area (Å²) >= 11 is 0. The normalized spacial score (nSPS) is 9.90. The van der Waals surface area contributed by atoms with Crippen molar-refractivity contribution in [3.8, 4) is 0 Å². The van der Waals surface area contributed by atoms with Crippen molar-refractivity contribution < 1.29 is 0 Å². The van der Waals surface area contributed by atoms with Gasteiger partial charge >= 0.3 is 0 Å². The number of nitrogens with zero attached hydrogens (tertiary/aromatic N) is 3. The minimum atomic E-state index is 0.566. The van der Waals surface area contributed by atoms with Gasteiger partial charge in [-0.1, -0.05) is 6.08 Å². The maximum atomic E-state index is 4.37. The molecular weight excluding hydrogens is 250 g/mol. The van der Waals surface area contributed by atoms with Gasteiger partial charge in [-0.15, -0.1) is 6.58 Å². The third-order valence-corrected chi connectivity index (χ3v) is 2.72. The molecule has 0 radical (unpaired) electrons. The SMILES string of the molecule is C=CCNc1ccnc(Nc2ccc(N(C)C)cc2)n1. The van der Waals surface area contributed by atoms with Crippen LogP contribution in [0.15, 0.2) is 49.2 Å². The van der Waals surface area contributed by atoms with Crippen LogP contribution >= 0.6 is 0 Å². The Labute approximate surface area is 119 Å². The van der Waals surface area contributed by atoms with Crippen molar-refractivity contribution in [2.45, 2.75) is 0 Å². The lowest BCUT2D eigenvalue weighted by atomic mass is 10.2. The summed E-state index contributed by atoms with van der Waals surface area (Å²) in [5.41, 5.74) is 2.11. The number of nitrogens with one attached hydrogen (secondary N) is 2. The Morgan fingerprint density at radius 2 is 1.95 bits per heavy atom. The second-order valence-corrected chi connectivity index (χ2v) is 4.50. The molecule has 0 aliphatic rings. The van der Waals surface area contributed by atoms with Crippen LogP contribution in [0.3, 0.4) is 0 Å². The van der Waals surface area contributed by atoms with Crippen molar-refractivity contribution in [2.75, 3.05) is 36.2 Å². The van der Waals surface area contributed by atoms with Crippen molar-refractivity contribution in [1.29, 1.82) is 0 Å². The Kier molecular flexibility index (Phi) is 4.55. The zero-order valence-corrected chi connectivity index (χ0v) is 11.8. The molecule has 0 saturated heterocycles. The van der Waals surface area contributed by atoms with Crippen LogP contribution in [0.4, 0.5) is 23.1 Å². The Morgan fingerprint density at radius 3 is 2.60 bits per heavy atom. The van der Waals surface area contributed by atoms with Gasteiger partial charge in [0.15, 0.2) is 0 Å². The molecule has 2 N–H and O–H groups in total. The van der Waals surface area contributed by atoms with Gasteiger partial charge in [-0.25, -0.2) is 4.98 Å². The molecule has 0 bridgehead atoms. The highest BCUT2D eigenvalue weighted by atomic mass is 15.1. The molecule has 20 heavy (non-hydrogen) atoms. The quantitative estimate of drug-likeness (QED) is 0.790. The van der Waals surface area contributed by atoms with Gasteiger partial charge in [0.25, 0.3) is 0 Å². The smallest absolute Gasteiger partial charge is 0.229 e. The summed E-state index contributed by atoms with van der Waals surface area (Å²) in [7, 11) is 4.03. The van der Waals surface area contributed by atoms with E-state index in [0.29, 0.717) is 12.5 Å². The Bertz CT molecular complexity index is 563. The van der Waals surface area contributed by atoms with Crippen molar-refractivity contribution in [1.82, 2.24) is 9.97 Å². The number of rotatable bonds is 6. The van der Waals surface area contributed by atoms with Crippen molar-refractivity contribution in [3.05, 3.63) is 49.2 Å².